The summed E-state index contributed by atoms with van der Waals surface area (Å²) in [6.45, 7) is 11.1. The highest BCUT2D eigenvalue weighted by Crippen LogP contribution is 2.31. The van der Waals surface area contributed by atoms with Crippen molar-refractivity contribution in [2.24, 2.45) is 0 Å². The molecule has 0 saturated carbocycles. The summed E-state index contributed by atoms with van der Waals surface area (Å²) >= 11 is 1.81. The third-order valence-electron chi connectivity index (χ3n) is 5.87. The molecule has 2 aromatic carbocycles. The molecule has 1 aliphatic rings. The van der Waals surface area contributed by atoms with Crippen LogP contribution in [0, 0.1) is 5.82 Å². The number of halogens is 1. The molecule has 1 saturated heterocycles. The van der Waals surface area contributed by atoms with Gasteiger partial charge in [0, 0.05) is 28.0 Å². The minimum Gasteiger partial charge on any atom is -0.364 e. The second-order valence-corrected chi connectivity index (χ2v) is 10.4. The van der Waals surface area contributed by atoms with Crippen LogP contribution < -0.4 is 10.2 Å². The van der Waals surface area contributed by atoms with Gasteiger partial charge in [-0.3, -0.25) is 0 Å². The molecule has 0 amide bonds. The SMILES string of the molecule is CC(C)N(Cc1ccc(-c2ccc(CNC3COC(C)(C)OC3)cc2)s1)c1ccc(F)cc1. The fourth-order valence-electron chi connectivity index (χ4n) is 3.85. The van der Waals surface area contributed by atoms with Crippen molar-refractivity contribution < 1.29 is 13.9 Å². The van der Waals surface area contributed by atoms with Gasteiger partial charge in [0.05, 0.1) is 25.8 Å². The number of hydrogen-bond acceptors (Lipinski definition) is 5. The molecule has 1 aliphatic heterocycles. The van der Waals surface area contributed by atoms with Gasteiger partial charge in [0.2, 0.25) is 0 Å². The van der Waals surface area contributed by atoms with Crippen LogP contribution in [0.1, 0.15) is 38.1 Å². The lowest BCUT2D eigenvalue weighted by molar-refractivity contribution is -0.253. The van der Waals surface area contributed by atoms with E-state index >= 15 is 0 Å². The molecule has 0 unspecified atom stereocenters. The summed E-state index contributed by atoms with van der Waals surface area (Å²) in [6.07, 6.45) is 0. The molecule has 3 aromatic rings. The Kier molecular flexibility index (Phi) is 7.49. The van der Waals surface area contributed by atoms with Gasteiger partial charge in [0.25, 0.3) is 0 Å². The predicted molar refractivity (Wildman–Crippen MR) is 134 cm³/mol. The minimum absolute atomic E-state index is 0.205. The van der Waals surface area contributed by atoms with Crippen LogP contribution in [-0.4, -0.2) is 31.1 Å². The van der Waals surface area contributed by atoms with Gasteiger partial charge >= 0.3 is 0 Å². The van der Waals surface area contributed by atoms with Crippen molar-refractivity contribution in [3.05, 3.63) is 76.9 Å². The van der Waals surface area contributed by atoms with Crippen LogP contribution in [0.3, 0.4) is 0 Å². The van der Waals surface area contributed by atoms with Crippen molar-refractivity contribution in [2.45, 2.75) is 58.7 Å². The molecule has 0 spiro atoms. The second kappa shape index (κ2) is 10.3. The first kappa shape index (κ1) is 23.9. The average molecular weight is 469 g/mol. The van der Waals surface area contributed by atoms with Crippen LogP contribution >= 0.6 is 11.3 Å². The molecular formula is C27H33FN2O2S. The predicted octanol–water partition coefficient (Wildman–Crippen LogP) is 6.21. The zero-order valence-corrected chi connectivity index (χ0v) is 20.6. The lowest BCUT2D eigenvalue weighted by Crippen LogP contribution is -2.48. The Morgan fingerprint density at radius 1 is 1.00 bits per heavy atom. The van der Waals surface area contributed by atoms with E-state index in [0.717, 1.165) is 18.8 Å². The maximum atomic E-state index is 13.3. The van der Waals surface area contributed by atoms with Crippen molar-refractivity contribution in [3.63, 3.8) is 0 Å². The van der Waals surface area contributed by atoms with Crippen LogP contribution in [0.15, 0.2) is 60.7 Å². The largest absolute Gasteiger partial charge is 0.364 e. The minimum atomic E-state index is -0.482. The molecule has 4 nitrogen and oxygen atoms in total. The number of anilines is 1. The number of thiophene rings is 1. The fraction of sp³-hybridized carbons (Fsp3) is 0.407. The molecule has 33 heavy (non-hydrogen) atoms. The van der Waals surface area contributed by atoms with E-state index in [0.29, 0.717) is 19.3 Å². The molecule has 0 bridgehead atoms. The molecule has 1 aromatic heterocycles. The fourth-order valence-corrected chi connectivity index (χ4v) is 4.86. The summed E-state index contributed by atoms with van der Waals surface area (Å²) in [5.74, 6) is -0.686. The maximum absolute atomic E-state index is 13.3. The Labute approximate surface area is 200 Å². The lowest BCUT2D eigenvalue weighted by Gasteiger charge is -2.35. The van der Waals surface area contributed by atoms with E-state index < -0.39 is 5.79 Å². The van der Waals surface area contributed by atoms with Crippen molar-refractivity contribution >= 4 is 17.0 Å². The van der Waals surface area contributed by atoms with Gasteiger partial charge in [0.15, 0.2) is 5.79 Å². The highest BCUT2D eigenvalue weighted by atomic mass is 32.1. The van der Waals surface area contributed by atoms with Gasteiger partial charge in [-0.05, 0) is 75.2 Å². The summed E-state index contributed by atoms with van der Waals surface area (Å²) in [6, 6.07) is 20.4. The van der Waals surface area contributed by atoms with E-state index in [-0.39, 0.29) is 11.9 Å². The Hall–Kier alpha value is -2.25. The molecule has 0 atom stereocenters. The number of hydrogen-bond donors (Lipinski definition) is 1. The van der Waals surface area contributed by atoms with E-state index in [2.05, 4.69) is 60.5 Å². The summed E-state index contributed by atoms with van der Waals surface area (Å²) < 4.78 is 24.8. The maximum Gasteiger partial charge on any atom is 0.162 e. The van der Waals surface area contributed by atoms with Crippen LogP contribution in [0.4, 0.5) is 10.1 Å². The smallest absolute Gasteiger partial charge is 0.162 e. The average Bonchev–Trinajstić information content (AvgIpc) is 3.26. The zero-order valence-electron chi connectivity index (χ0n) is 19.8. The normalized spacial score (nSPS) is 16.3. The lowest BCUT2D eigenvalue weighted by atomic mass is 10.1. The quantitative estimate of drug-likeness (QED) is 0.426. The molecule has 0 aliphatic carbocycles. The van der Waals surface area contributed by atoms with Gasteiger partial charge in [-0.1, -0.05) is 24.3 Å². The Morgan fingerprint density at radius 3 is 2.30 bits per heavy atom. The number of ether oxygens (including phenoxy) is 2. The molecule has 4 rings (SSSR count). The first-order chi connectivity index (χ1) is 15.8. The van der Waals surface area contributed by atoms with Gasteiger partial charge < -0.3 is 19.7 Å². The first-order valence-electron chi connectivity index (χ1n) is 11.5. The number of nitrogens with one attached hydrogen (secondary N) is 1. The number of rotatable bonds is 8. The van der Waals surface area contributed by atoms with Crippen LogP contribution in [0.25, 0.3) is 10.4 Å². The molecule has 2 heterocycles. The third kappa shape index (κ3) is 6.42. The van der Waals surface area contributed by atoms with Gasteiger partial charge in [-0.15, -0.1) is 11.3 Å². The monoisotopic (exact) mass is 468 g/mol. The Morgan fingerprint density at radius 2 is 1.67 bits per heavy atom. The van der Waals surface area contributed by atoms with E-state index in [1.54, 1.807) is 11.3 Å². The van der Waals surface area contributed by atoms with E-state index in [1.807, 2.05) is 26.0 Å². The summed E-state index contributed by atoms with van der Waals surface area (Å²) in [5.41, 5.74) is 3.50. The van der Waals surface area contributed by atoms with Crippen LogP contribution in [-0.2, 0) is 22.6 Å². The van der Waals surface area contributed by atoms with E-state index in [9.17, 15) is 4.39 Å². The van der Waals surface area contributed by atoms with Crippen LogP contribution in [0.2, 0.25) is 0 Å². The molecule has 176 valence electrons. The summed E-state index contributed by atoms with van der Waals surface area (Å²) in [7, 11) is 0. The molecule has 1 N–H and O–H groups in total. The van der Waals surface area contributed by atoms with E-state index in [4.69, 9.17) is 9.47 Å². The standard InChI is InChI=1S/C27H33FN2O2S/c1-19(2)30(24-11-9-22(28)10-12-24)16-25-13-14-26(33-25)21-7-5-20(6-8-21)15-29-23-17-31-27(3,4)32-18-23/h5-14,19,23,29H,15-18H2,1-4H3. The van der Waals surface area contributed by atoms with E-state index in [1.165, 1.54) is 33.0 Å². The van der Waals surface area contributed by atoms with Gasteiger partial charge in [-0.25, -0.2) is 4.39 Å². The molecule has 6 heteroatoms. The summed E-state index contributed by atoms with van der Waals surface area (Å²) in [5, 5.41) is 3.51. The summed E-state index contributed by atoms with van der Waals surface area (Å²) in [4.78, 5) is 4.83. The van der Waals surface area contributed by atoms with Gasteiger partial charge in [-0.2, -0.15) is 0 Å². The number of benzene rings is 2. The van der Waals surface area contributed by atoms with Crippen LogP contribution in [0.5, 0.6) is 0 Å². The van der Waals surface area contributed by atoms with Crippen molar-refractivity contribution in [1.82, 2.24) is 5.32 Å². The number of nitrogens with zero attached hydrogens (tertiary/aromatic N) is 1. The Balaban J connectivity index is 1.35. The van der Waals surface area contributed by atoms with Crippen molar-refractivity contribution in [1.29, 1.82) is 0 Å². The molecule has 1 fully saturated rings. The first-order valence-corrected chi connectivity index (χ1v) is 12.3. The van der Waals surface area contributed by atoms with Crippen molar-refractivity contribution in [2.75, 3.05) is 18.1 Å². The topological polar surface area (TPSA) is 33.7 Å². The third-order valence-corrected chi connectivity index (χ3v) is 6.99. The molecular weight excluding hydrogens is 435 g/mol. The zero-order chi connectivity index (χ0) is 23.4. The highest BCUT2D eigenvalue weighted by Gasteiger charge is 2.27. The van der Waals surface area contributed by atoms with Gasteiger partial charge in [0.1, 0.15) is 5.82 Å². The molecule has 0 radical (unpaired) electrons. The van der Waals surface area contributed by atoms with Crippen molar-refractivity contribution in [3.8, 4) is 10.4 Å². The highest BCUT2D eigenvalue weighted by molar-refractivity contribution is 7.15. The Bertz CT molecular complexity index is 1020. The second-order valence-electron chi connectivity index (χ2n) is 9.26.